The van der Waals surface area contributed by atoms with E-state index in [-0.39, 0.29) is 18.6 Å². The van der Waals surface area contributed by atoms with Crippen molar-refractivity contribution >= 4 is 28.4 Å². The Morgan fingerprint density at radius 2 is 2.32 bits per heavy atom. The fraction of sp³-hybridized carbons (Fsp3) is 0.526. The molecule has 1 N–H and O–H groups in total. The first kappa shape index (κ1) is 16.9. The number of amides is 1. The Morgan fingerprint density at radius 1 is 1.40 bits per heavy atom. The van der Waals surface area contributed by atoms with Gasteiger partial charge in [-0.1, -0.05) is 11.6 Å². The average Bonchev–Trinajstić information content (AvgIpc) is 2.99. The fourth-order valence-electron chi connectivity index (χ4n) is 3.71. The van der Waals surface area contributed by atoms with Crippen LogP contribution in [-0.2, 0) is 27.2 Å². The third-order valence-electron chi connectivity index (χ3n) is 5.09. The maximum absolute atomic E-state index is 12.5. The summed E-state index contributed by atoms with van der Waals surface area (Å²) >= 11 is 6.13. The summed E-state index contributed by atoms with van der Waals surface area (Å²) in [7, 11) is 0. The van der Waals surface area contributed by atoms with Gasteiger partial charge in [0.15, 0.2) is 0 Å². The Labute approximate surface area is 152 Å². The van der Waals surface area contributed by atoms with Crippen molar-refractivity contribution in [3.05, 3.63) is 34.5 Å². The summed E-state index contributed by atoms with van der Waals surface area (Å²) < 4.78 is 11.3. The first-order valence-corrected chi connectivity index (χ1v) is 9.34. The van der Waals surface area contributed by atoms with Crippen molar-refractivity contribution in [2.24, 2.45) is 0 Å². The van der Waals surface area contributed by atoms with E-state index >= 15 is 0 Å². The molecule has 1 atom stereocenters. The number of aromatic amines is 1. The second-order valence-corrected chi connectivity index (χ2v) is 7.28. The van der Waals surface area contributed by atoms with Crippen molar-refractivity contribution in [3.8, 4) is 0 Å². The summed E-state index contributed by atoms with van der Waals surface area (Å²) in [5, 5.41) is 1.82. The fourth-order valence-corrected chi connectivity index (χ4v) is 3.88. The van der Waals surface area contributed by atoms with E-state index in [1.165, 1.54) is 17.7 Å². The van der Waals surface area contributed by atoms with Gasteiger partial charge in [0.2, 0.25) is 5.91 Å². The normalized spacial score (nSPS) is 20.7. The number of nitrogens with one attached hydrogen (secondary N) is 1. The van der Waals surface area contributed by atoms with Crippen molar-refractivity contribution < 1.29 is 14.3 Å². The standard InChI is InChI=1S/C19H23ClN2O3/c20-13-4-5-17-15(9-13)16-10-22(7-6-18(16)21-17)19(23)12-24-11-14-3-1-2-8-25-14/h4-5,9,14,21H,1-3,6-8,10-12H2/t14-/m0/s1. The van der Waals surface area contributed by atoms with E-state index in [1.807, 2.05) is 23.1 Å². The van der Waals surface area contributed by atoms with Crippen LogP contribution in [0.15, 0.2) is 18.2 Å². The van der Waals surface area contributed by atoms with E-state index in [2.05, 4.69) is 4.98 Å². The Bertz CT molecular complexity index is 767. The molecule has 25 heavy (non-hydrogen) atoms. The second kappa shape index (κ2) is 7.36. The lowest BCUT2D eigenvalue weighted by Crippen LogP contribution is -2.38. The molecule has 1 aromatic heterocycles. The van der Waals surface area contributed by atoms with E-state index in [1.54, 1.807) is 0 Å². The molecular weight excluding hydrogens is 340 g/mol. The predicted molar refractivity (Wildman–Crippen MR) is 96.8 cm³/mol. The minimum absolute atomic E-state index is 0.0397. The zero-order valence-corrected chi connectivity index (χ0v) is 15.0. The third-order valence-corrected chi connectivity index (χ3v) is 5.33. The lowest BCUT2D eigenvalue weighted by molar-refractivity contribution is -0.139. The minimum atomic E-state index is 0.0397. The second-order valence-electron chi connectivity index (χ2n) is 6.84. The quantitative estimate of drug-likeness (QED) is 0.908. The maximum Gasteiger partial charge on any atom is 0.248 e. The smallest absolute Gasteiger partial charge is 0.248 e. The molecule has 134 valence electrons. The predicted octanol–water partition coefficient (Wildman–Crippen LogP) is 3.29. The third kappa shape index (κ3) is 3.68. The van der Waals surface area contributed by atoms with Crippen LogP contribution in [0.5, 0.6) is 0 Å². The molecule has 0 aliphatic carbocycles. The van der Waals surface area contributed by atoms with Crippen LogP contribution < -0.4 is 0 Å². The van der Waals surface area contributed by atoms with Crippen LogP contribution in [0.2, 0.25) is 5.02 Å². The SMILES string of the molecule is O=C(COC[C@@H]1CCCCO1)N1CCc2[nH]c3ccc(Cl)cc3c2C1. The van der Waals surface area contributed by atoms with E-state index in [9.17, 15) is 4.79 Å². The first-order chi connectivity index (χ1) is 12.2. The number of halogens is 1. The highest BCUT2D eigenvalue weighted by Gasteiger charge is 2.24. The first-order valence-electron chi connectivity index (χ1n) is 8.97. The molecule has 1 fully saturated rings. The summed E-state index contributed by atoms with van der Waals surface area (Å²) in [6.07, 6.45) is 4.31. The largest absolute Gasteiger partial charge is 0.376 e. The number of ether oxygens (including phenoxy) is 2. The Morgan fingerprint density at radius 3 is 3.16 bits per heavy atom. The molecule has 0 radical (unpaired) electrons. The van der Waals surface area contributed by atoms with Gasteiger partial charge < -0.3 is 19.4 Å². The number of aromatic nitrogens is 1. The Hall–Kier alpha value is -1.56. The molecule has 1 aromatic carbocycles. The molecule has 0 bridgehead atoms. The molecule has 2 aliphatic rings. The molecule has 1 amide bonds. The van der Waals surface area contributed by atoms with E-state index in [4.69, 9.17) is 21.1 Å². The van der Waals surface area contributed by atoms with Crippen molar-refractivity contribution in [1.29, 1.82) is 0 Å². The molecule has 5 nitrogen and oxygen atoms in total. The number of hydrogen-bond donors (Lipinski definition) is 1. The van der Waals surface area contributed by atoms with E-state index < -0.39 is 0 Å². The van der Waals surface area contributed by atoms with Gasteiger partial charge in [-0.15, -0.1) is 0 Å². The molecule has 0 unspecified atom stereocenters. The topological polar surface area (TPSA) is 54.6 Å². The van der Waals surface area contributed by atoms with Gasteiger partial charge in [0.1, 0.15) is 6.61 Å². The van der Waals surface area contributed by atoms with Gasteiger partial charge in [0, 0.05) is 53.3 Å². The van der Waals surface area contributed by atoms with Crippen molar-refractivity contribution in [2.75, 3.05) is 26.4 Å². The van der Waals surface area contributed by atoms with Gasteiger partial charge in [-0.05, 0) is 37.5 Å². The van der Waals surface area contributed by atoms with Crippen LogP contribution in [0.4, 0.5) is 0 Å². The highest BCUT2D eigenvalue weighted by molar-refractivity contribution is 6.31. The summed E-state index contributed by atoms with van der Waals surface area (Å²) in [6.45, 7) is 2.76. The van der Waals surface area contributed by atoms with Crippen molar-refractivity contribution in [2.45, 2.75) is 38.3 Å². The van der Waals surface area contributed by atoms with Crippen LogP contribution >= 0.6 is 11.6 Å². The van der Waals surface area contributed by atoms with Crippen molar-refractivity contribution in [3.63, 3.8) is 0 Å². The number of carbonyl (C=O) groups is 1. The van der Waals surface area contributed by atoms with Gasteiger partial charge in [0.05, 0.1) is 12.7 Å². The van der Waals surface area contributed by atoms with Crippen molar-refractivity contribution in [1.82, 2.24) is 9.88 Å². The van der Waals surface area contributed by atoms with Crippen LogP contribution in [0.3, 0.4) is 0 Å². The van der Waals surface area contributed by atoms with Crippen LogP contribution in [0.25, 0.3) is 10.9 Å². The molecular formula is C19H23ClN2O3. The lowest BCUT2D eigenvalue weighted by atomic mass is 10.0. The number of fused-ring (bicyclic) bond motifs is 3. The molecule has 4 rings (SSSR count). The number of benzene rings is 1. The van der Waals surface area contributed by atoms with Gasteiger partial charge in [-0.3, -0.25) is 4.79 Å². The molecule has 6 heteroatoms. The highest BCUT2D eigenvalue weighted by Crippen LogP contribution is 2.29. The summed E-state index contributed by atoms with van der Waals surface area (Å²) in [6, 6.07) is 5.85. The molecule has 3 heterocycles. The highest BCUT2D eigenvalue weighted by atomic mass is 35.5. The molecule has 2 aromatic rings. The minimum Gasteiger partial charge on any atom is -0.376 e. The monoisotopic (exact) mass is 362 g/mol. The number of hydrogen-bond acceptors (Lipinski definition) is 3. The summed E-state index contributed by atoms with van der Waals surface area (Å²) in [4.78, 5) is 17.8. The van der Waals surface area contributed by atoms with Gasteiger partial charge in [0.25, 0.3) is 0 Å². The Balaban J connectivity index is 1.37. The van der Waals surface area contributed by atoms with Gasteiger partial charge in [-0.2, -0.15) is 0 Å². The van der Waals surface area contributed by atoms with E-state index in [0.717, 1.165) is 43.3 Å². The van der Waals surface area contributed by atoms with Gasteiger partial charge >= 0.3 is 0 Å². The number of H-pyrrole nitrogens is 1. The molecule has 0 saturated carbocycles. The zero-order chi connectivity index (χ0) is 17.2. The molecule has 1 saturated heterocycles. The number of nitrogens with zero attached hydrogens (tertiary/aromatic N) is 1. The Kier molecular flexibility index (Phi) is 4.97. The lowest BCUT2D eigenvalue weighted by Gasteiger charge is -2.28. The summed E-state index contributed by atoms with van der Waals surface area (Å²) in [5.74, 6) is 0.0397. The molecule has 2 aliphatic heterocycles. The number of carbonyl (C=O) groups excluding carboxylic acids is 1. The average molecular weight is 363 g/mol. The van der Waals surface area contributed by atoms with Gasteiger partial charge in [-0.25, -0.2) is 0 Å². The van der Waals surface area contributed by atoms with Crippen LogP contribution in [-0.4, -0.2) is 48.3 Å². The van der Waals surface area contributed by atoms with Crippen LogP contribution in [0.1, 0.15) is 30.5 Å². The maximum atomic E-state index is 12.5. The molecule has 0 spiro atoms. The van der Waals surface area contributed by atoms with E-state index in [0.29, 0.717) is 18.2 Å². The zero-order valence-electron chi connectivity index (χ0n) is 14.2. The number of rotatable bonds is 4. The summed E-state index contributed by atoms with van der Waals surface area (Å²) in [5.41, 5.74) is 3.46. The van der Waals surface area contributed by atoms with Crippen LogP contribution in [0, 0.1) is 0 Å².